The quantitative estimate of drug-likeness (QED) is 0.679. The van der Waals surface area contributed by atoms with Crippen LogP contribution in [0.2, 0.25) is 0 Å². The maximum absolute atomic E-state index is 13.4. The molecule has 1 N–H and O–H groups in total. The van der Waals surface area contributed by atoms with E-state index in [4.69, 9.17) is 0 Å². The molecule has 1 saturated heterocycles. The maximum Gasteiger partial charge on any atom is 0.243 e. The second-order valence-corrected chi connectivity index (χ2v) is 11.5. The summed E-state index contributed by atoms with van der Waals surface area (Å²) < 4.78 is 28.2. The predicted molar refractivity (Wildman–Crippen MR) is 127 cm³/mol. The lowest BCUT2D eigenvalue weighted by atomic mass is 9.82. The SMILES string of the molecule is C[C@@]1(C(=O)NCc2ccccc2)CCCN(S(=O)(=O)c2ccc(C3CCCCC3)cc2)C1. The standard InChI is InChI=1S/C26H34N2O3S/c1-26(25(29)27-19-21-9-4-2-5-10-21)17-8-18-28(20-26)32(30,31)24-15-13-23(14-16-24)22-11-6-3-7-12-22/h2,4-5,9-10,13-16,22H,3,6-8,11-12,17-20H2,1H3,(H,27,29)/t26-/m1/s1. The normalized spacial score (nSPS) is 23.0. The van der Waals surface area contributed by atoms with E-state index in [0.717, 1.165) is 5.56 Å². The summed E-state index contributed by atoms with van der Waals surface area (Å²) >= 11 is 0. The summed E-state index contributed by atoms with van der Waals surface area (Å²) in [5.74, 6) is 0.459. The first-order chi connectivity index (χ1) is 15.4. The van der Waals surface area contributed by atoms with Crippen LogP contribution in [-0.2, 0) is 21.4 Å². The summed E-state index contributed by atoms with van der Waals surface area (Å²) in [6.45, 7) is 2.99. The first-order valence-electron chi connectivity index (χ1n) is 11.8. The number of carbonyl (C=O) groups is 1. The molecule has 1 aliphatic heterocycles. The van der Waals surface area contributed by atoms with E-state index in [2.05, 4.69) is 5.32 Å². The fraction of sp³-hybridized carbons (Fsp3) is 0.500. The lowest BCUT2D eigenvalue weighted by molar-refractivity contribution is -0.132. The van der Waals surface area contributed by atoms with Gasteiger partial charge in [-0.25, -0.2) is 8.42 Å². The fourth-order valence-corrected chi connectivity index (χ4v) is 6.67. The Labute approximate surface area is 192 Å². The third-order valence-corrected chi connectivity index (χ3v) is 8.96. The van der Waals surface area contributed by atoms with Gasteiger partial charge in [0.1, 0.15) is 0 Å². The van der Waals surface area contributed by atoms with Crippen molar-refractivity contribution < 1.29 is 13.2 Å². The molecule has 2 fully saturated rings. The molecule has 0 radical (unpaired) electrons. The smallest absolute Gasteiger partial charge is 0.243 e. The zero-order valence-corrected chi connectivity index (χ0v) is 19.7. The molecule has 172 valence electrons. The topological polar surface area (TPSA) is 66.5 Å². The second kappa shape index (κ2) is 9.75. The minimum absolute atomic E-state index is 0.0890. The van der Waals surface area contributed by atoms with E-state index in [1.165, 1.54) is 42.0 Å². The molecule has 6 heteroatoms. The van der Waals surface area contributed by atoms with Crippen LogP contribution < -0.4 is 5.32 Å². The number of amides is 1. The maximum atomic E-state index is 13.4. The molecule has 0 aromatic heterocycles. The number of nitrogens with zero attached hydrogens (tertiary/aromatic N) is 1. The Morgan fingerprint density at radius 1 is 1.00 bits per heavy atom. The number of nitrogens with one attached hydrogen (secondary N) is 1. The fourth-order valence-electron chi connectivity index (χ4n) is 5.07. The molecule has 1 aliphatic carbocycles. The average Bonchev–Trinajstić information content (AvgIpc) is 2.84. The van der Waals surface area contributed by atoms with Gasteiger partial charge in [-0.15, -0.1) is 0 Å². The summed E-state index contributed by atoms with van der Waals surface area (Å²) in [5.41, 5.74) is 1.54. The van der Waals surface area contributed by atoms with E-state index >= 15 is 0 Å². The van der Waals surface area contributed by atoms with Crippen molar-refractivity contribution >= 4 is 15.9 Å². The lowest BCUT2D eigenvalue weighted by Gasteiger charge is -2.38. The number of carbonyl (C=O) groups excluding carboxylic acids is 1. The first kappa shape index (κ1) is 23.0. The molecular formula is C26H34N2O3S. The van der Waals surface area contributed by atoms with Crippen molar-refractivity contribution in [2.75, 3.05) is 13.1 Å². The summed E-state index contributed by atoms with van der Waals surface area (Å²) in [4.78, 5) is 13.3. The number of rotatable bonds is 6. The van der Waals surface area contributed by atoms with Crippen LogP contribution in [0.15, 0.2) is 59.5 Å². The Hall–Kier alpha value is -2.18. The van der Waals surface area contributed by atoms with Crippen LogP contribution in [0.1, 0.15) is 68.9 Å². The molecule has 0 unspecified atom stereocenters. The number of hydrogen-bond donors (Lipinski definition) is 1. The third kappa shape index (κ3) is 5.07. The highest BCUT2D eigenvalue weighted by molar-refractivity contribution is 7.89. The van der Waals surface area contributed by atoms with Crippen molar-refractivity contribution in [3.05, 3.63) is 65.7 Å². The van der Waals surface area contributed by atoms with Gasteiger partial charge in [-0.2, -0.15) is 4.31 Å². The van der Waals surface area contributed by atoms with Crippen molar-refractivity contribution in [2.24, 2.45) is 5.41 Å². The number of sulfonamides is 1. The minimum Gasteiger partial charge on any atom is -0.352 e. The largest absolute Gasteiger partial charge is 0.352 e. The van der Waals surface area contributed by atoms with Gasteiger partial charge in [0.2, 0.25) is 15.9 Å². The van der Waals surface area contributed by atoms with Gasteiger partial charge in [0.25, 0.3) is 0 Å². The summed E-state index contributed by atoms with van der Waals surface area (Å²) in [6.07, 6.45) is 7.54. The Morgan fingerprint density at radius 2 is 1.69 bits per heavy atom. The molecule has 2 aromatic carbocycles. The molecule has 0 spiro atoms. The zero-order valence-electron chi connectivity index (χ0n) is 18.9. The van der Waals surface area contributed by atoms with Gasteiger partial charge in [-0.05, 0) is 61.8 Å². The molecule has 1 saturated carbocycles. The molecule has 1 heterocycles. The number of piperidine rings is 1. The minimum atomic E-state index is -3.63. The second-order valence-electron chi connectivity index (χ2n) is 9.58. The van der Waals surface area contributed by atoms with Gasteiger partial charge in [-0.3, -0.25) is 4.79 Å². The van der Waals surface area contributed by atoms with Crippen molar-refractivity contribution in [1.29, 1.82) is 0 Å². The molecule has 32 heavy (non-hydrogen) atoms. The van der Waals surface area contributed by atoms with Crippen LogP contribution in [0.5, 0.6) is 0 Å². The number of benzene rings is 2. The van der Waals surface area contributed by atoms with Crippen molar-refractivity contribution in [3.63, 3.8) is 0 Å². The zero-order chi connectivity index (χ0) is 22.6. The van der Waals surface area contributed by atoms with Gasteiger partial charge in [0.15, 0.2) is 0 Å². The predicted octanol–water partition coefficient (Wildman–Crippen LogP) is 4.84. The Bertz CT molecular complexity index is 1010. The molecule has 2 aromatic rings. The Kier molecular flexibility index (Phi) is 7.01. The lowest BCUT2D eigenvalue weighted by Crippen LogP contribution is -2.51. The van der Waals surface area contributed by atoms with Crippen molar-refractivity contribution in [2.45, 2.75) is 69.2 Å². The van der Waals surface area contributed by atoms with Crippen LogP contribution in [0.4, 0.5) is 0 Å². The molecular weight excluding hydrogens is 420 g/mol. The molecule has 5 nitrogen and oxygen atoms in total. The van der Waals surface area contributed by atoms with Gasteiger partial charge in [0.05, 0.1) is 10.3 Å². The van der Waals surface area contributed by atoms with Crippen LogP contribution in [0.3, 0.4) is 0 Å². The highest BCUT2D eigenvalue weighted by Crippen LogP contribution is 2.35. The first-order valence-corrected chi connectivity index (χ1v) is 13.2. The van der Waals surface area contributed by atoms with E-state index in [9.17, 15) is 13.2 Å². The van der Waals surface area contributed by atoms with E-state index in [1.807, 2.05) is 49.4 Å². The van der Waals surface area contributed by atoms with E-state index < -0.39 is 15.4 Å². The van der Waals surface area contributed by atoms with Crippen molar-refractivity contribution in [3.8, 4) is 0 Å². The summed E-state index contributed by atoms with van der Waals surface area (Å²) in [6, 6.07) is 17.2. The number of hydrogen-bond acceptors (Lipinski definition) is 3. The molecule has 4 rings (SSSR count). The van der Waals surface area contributed by atoms with Gasteiger partial charge >= 0.3 is 0 Å². The molecule has 2 aliphatic rings. The summed E-state index contributed by atoms with van der Waals surface area (Å²) in [5, 5.41) is 3.00. The highest BCUT2D eigenvalue weighted by atomic mass is 32.2. The van der Waals surface area contributed by atoms with Crippen LogP contribution >= 0.6 is 0 Å². The molecule has 1 amide bonds. The third-order valence-electron chi connectivity index (χ3n) is 7.10. The van der Waals surface area contributed by atoms with E-state index in [1.54, 1.807) is 12.1 Å². The molecule has 1 atom stereocenters. The van der Waals surface area contributed by atoms with E-state index in [0.29, 0.717) is 36.7 Å². The average molecular weight is 455 g/mol. The Balaban J connectivity index is 1.43. The molecule has 0 bridgehead atoms. The van der Waals surface area contributed by atoms with Crippen LogP contribution in [-0.4, -0.2) is 31.7 Å². The van der Waals surface area contributed by atoms with Crippen LogP contribution in [0.25, 0.3) is 0 Å². The van der Waals surface area contributed by atoms with Crippen LogP contribution in [0, 0.1) is 5.41 Å². The Morgan fingerprint density at radius 3 is 2.38 bits per heavy atom. The van der Waals surface area contributed by atoms with Gasteiger partial charge < -0.3 is 5.32 Å². The van der Waals surface area contributed by atoms with Crippen molar-refractivity contribution in [1.82, 2.24) is 9.62 Å². The monoisotopic (exact) mass is 454 g/mol. The summed E-state index contributed by atoms with van der Waals surface area (Å²) in [7, 11) is -3.63. The highest BCUT2D eigenvalue weighted by Gasteiger charge is 2.41. The van der Waals surface area contributed by atoms with Gasteiger partial charge in [-0.1, -0.05) is 61.7 Å². The van der Waals surface area contributed by atoms with Gasteiger partial charge in [0, 0.05) is 19.6 Å². The van der Waals surface area contributed by atoms with E-state index in [-0.39, 0.29) is 12.5 Å².